The average molecular weight is 312 g/mol. The van der Waals surface area contributed by atoms with Crippen molar-refractivity contribution in [2.24, 2.45) is 0 Å². The molecule has 3 nitrogen and oxygen atoms in total. The largest absolute Gasteiger partial charge is 0.489 e. The molecule has 4 rings (SSSR count). The molecule has 3 heteroatoms. The van der Waals surface area contributed by atoms with Gasteiger partial charge in [-0.2, -0.15) is 0 Å². The smallest absolute Gasteiger partial charge is 0.159 e. The van der Waals surface area contributed by atoms with Crippen LogP contribution in [0.3, 0.4) is 0 Å². The van der Waals surface area contributed by atoms with Crippen molar-refractivity contribution in [1.29, 1.82) is 0 Å². The second-order valence-corrected chi connectivity index (χ2v) is 5.55. The van der Waals surface area contributed by atoms with Crippen LogP contribution in [0.2, 0.25) is 0 Å². The molecule has 1 heterocycles. The van der Waals surface area contributed by atoms with Crippen molar-refractivity contribution < 1.29 is 4.74 Å². The minimum absolute atomic E-state index is 0.562. The predicted octanol–water partition coefficient (Wildman–Crippen LogP) is 4.88. The topological polar surface area (TPSA) is 35.0 Å². The first-order chi connectivity index (χ1) is 11.9. The molecule has 0 bridgehead atoms. The van der Waals surface area contributed by atoms with E-state index in [1.807, 2.05) is 72.9 Å². The zero-order chi connectivity index (χ0) is 16.2. The highest BCUT2D eigenvalue weighted by Crippen LogP contribution is 2.21. The fraction of sp³-hybridized carbons (Fsp3) is 0.0476. The molecule has 1 aromatic heterocycles. The van der Waals surface area contributed by atoms with Crippen LogP contribution in [0.25, 0.3) is 22.3 Å². The van der Waals surface area contributed by atoms with Gasteiger partial charge < -0.3 is 4.74 Å². The maximum Gasteiger partial charge on any atom is 0.159 e. The summed E-state index contributed by atoms with van der Waals surface area (Å²) in [6, 6.07) is 26.0. The molecule has 24 heavy (non-hydrogen) atoms. The van der Waals surface area contributed by atoms with E-state index in [9.17, 15) is 0 Å². The van der Waals surface area contributed by atoms with E-state index in [4.69, 9.17) is 4.74 Å². The van der Waals surface area contributed by atoms with Crippen LogP contribution in [-0.2, 0) is 6.61 Å². The predicted molar refractivity (Wildman–Crippen MR) is 95.7 cm³/mol. The molecule has 0 amide bonds. The third kappa shape index (κ3) is 3.10. The minimum Gasteiger partial charge on any atom is -0.489 e. The quantitative estimate of drug-likeness (QED) is 0.539. The van der Waals surface area contributed by atoms with Crippen molar-refractivity contribution >= 4 is 10.9 Å². The summed E-state index contributed by atoms with van der Waals surface area (Å²) in [7, 11) is 0. The highest BCUT2D eigenvalue weighted by molar-refractivity contribution is 5.79. The molecule has 116 valence electrons. The molecular weight excluding hydrogens is 296 g/mol. The number of hydrogen-bond acceptors (Lipinski definition) is 3. The molecule has 0 fully saturated rings. The van der Waals surface area contributed by atoms with Gasteiger partial charge in [-0.25, -0.2) is 9.97 Å². The van der Waals surface area contributed by atoms with Crippen LogP contribution in [0.1, 0.15) is 5.56 Å². The van der Waals surface area contributed by atoms with E-state index in [1.165, 1.54) is 0 Å². The fourth-order valence-corrected chi connectivity index (χ4v) is 2.55. The Bertz CT molecular complexity index is 950. The Morgan fingerprint density at radius 3 is 2.33 bits per heavy atom. The van der Waals surface area contributed by atoms with E-state index < -0.39 is 0 Å². The molecule has 0 saturated heterocycles. The molecule has 0 aliphatic rings. The molecule has 0 aliphatic carbocycles. The van der Waals surface area contributed by atoms with Crippen LogP contribution in [0.15, 0.2) is 85.1 Å². The summed E-state index contributed by atoms with van der Waals surface area (Å²) in [5, 5.41) is 1.05. The van der Waals surface area contributed by atoms with Crippen molar-refractivity contribution in [3.63, 3.8) is 0 Å². The summed E-state index contributed by atoms with van der Waals surface area (Å²) < 4.78 is 5.81. The Morgan fingerprint density at radius 1 is 0.750 bits per heavy atom. The Morgan fingerprint density at radius 2 is 1.50 bits per heavy atom. The highest BCUT2D eigenvalue weighted by atomic mass is 16.5. The second kappa shape index (κ2) is 6.50. The summed E-state index contributed by atoms with van der Waals surface area (Å²) in [5.41, 5.74) is 3.08. The maximum atomic E-state index is 5.81. The third-order valence-corrected chi connectivity index (χ3v) is 3.85. The SMILES string of the molecule is c1ccc(COc2ccc(-c3ncc4ccccc4n3)cc2)cc1. The van der Waals surface area contributed by atoms with Crippen LogP contribution in [0.4, 0.5) is 0 Å². The van der Waals surface area contributed by atoms with E-state index in [2.05, 4.69) is 22.1 Å². The summed E-state index contributed by atoms with van der Waals surface area (Å²) >= 11 is 0. The van der Waals surface area contributed by atoms with Gasteiger partial charge in [0.05, 0.1) is 5.52 Å². The number of aromatic nitrogens is 2. The lowest BCUT2D eigenvalue weighted by molar-refractivity contribution is 0.306. The number of hydrogen-bond donors (Lipinski definition) is 0. The molecule has 0 atom stereocenters. The Labute approximate surface area is 140 Å². The van der Waals surface area contributed by atoms with Gasteiger partial charge >= 0.3 is 0 Å². The van der Waals surface area contributed by atoms with Crippen LogP contribution in [-0.4, -0.2) is 9.97 Å². The Balaban J connectivity index is 1.52. The maximum absolute atomic E-state index is 5.81. The van der Waals surface area contributed by atoms with E-state index in [1.54, 1.807) is 0 Å². The molecule has 0 N–H and O–H groups in total. The Hall–Kier alpha value is -3.20. The van der Waals surface area contributed by atoms with Crippen molar-refractivity contribution in [3.8, 4) is 17.1 Å². The van der Waals surface area contributed by atoms with E-state index in [-0.39, 0.29) is 0 Å². The van der Waals surface area contributed by atoms with E-state index in [0.29, 0.717) is 6.61 Å². The zero-order valence-electron chi connectivity index (χ0n) is 13.1. The molecule has 0 aliphatic heterocycles. The normalized spacial score (nSPS) is 10.7. The van der Waals surface area contributed by atoms with Gasteiger partial charge in [0.2, 0.25) is 0 Å². The summed E-state index contributed by atoms with van der Waals surface area (Å²) in [6.45, 7) is 0.562. The van der Waals surface area contributed by atoms with Gasteiger partial charge in [-0.3, -0.25) is 0 Å². The van der Waals surface area contributed by atoms with Crippen LogP contribution >= 0.6 is 0 Å². The molecule has 3 aromatic carbocycles. The monoisotopic (exact) mass is 312 g/mol. The average Bonchev–Trinajstić information content (AvgIpc) is 2.67. The lowest BCUT2D eigenvalue weighted by Crippen LogP contribution is -1.95. The second-order valence-electron chi connectivity index (χ2n) is 5.55. The van der Waals surface area contributed by atoms with E-state index >= 15 is 0 Å². The van der Waals surface area contributed by atoms with Crippen molar-refractivity contribution in [3.05, 3.63) is 90.6 Å². The minimum atomic E-state index is 0.562. The van der Waals surface area contributed by atoms with Crippen LogP contribution < -0.4 is 4.74 Å². The standard InChI is InChI=1S/C21H16N2O/c1-2-6-16(7-3-1)15-24-19-12-10-17(11-13-19)21-22-14-18-8-4-5-9-20(18)23-21/h1-14H,15H2. The fourth-order valence-electron chi connectivity index (χ4n) is 2.55. The molecule has 0 spiro atoms. The zero-order valence-corrected chi connectivity index (χ0v) is 13.1. The summed E-state index contributed by atoms with van der Waals surface area (Å²) in [5.74, 6) is 1.56. The van der Waals surface area contributed by atoms with Gasteiger partial charge in [0.25, 0.3) is 0 Å². The van der Waals surface area contributed by atoms with Gasteiger partial charge in [-0.15, -0.1) is 0 Å². The highest BCUT2D eigenvalue weighted by Gasteiger charge is 2.04. The molecule has 0 saturated carbocycles. The lowest BCUT2D eigenvalue weighted by Gasteiger charge is -2.07. The number of rotatable bonds is 4. The Kier molecular flexibility index (Phi) is 3.90. The molecule has 4 aromatic rings. The first-order valence-corrected chi connectivity index (χ1v) is 7.87. The number of para-hydroxylation sites is 1. The van der Waals surface area contributed by atoms with Gasteiger partial charge in [0.1, 0.15) is 12.4 Å². The third-order valence-electron chi connectivity index (χ3n) is 3.85. The first kappa shape index (κ1) is 14.4. The van der Waals surface area contributed by atoms with Crippen molar-refractivity contribution in [1.82, 2.24) is 9.97 Å². The van der Waals surface area contributed by atoms with Gasteiger partial charge in [0.15, 0.2) is 5.82 Å². The van der Waals surface area contributed by atoms with Crippen LogP contribution in [0.5, 0.6) is 5.75 Å². The molecular formula is C21H16N2O. The van der Waals surface area contributed by atoms with Crippen molar-refractivity contribution in [2.45, 2.75) is 6.61 Å². The molecule has 0 radical (unpaired) electrons. The first-order valence-electron chi connectivity index (χ1n) is 7.87. The number of fused-ring (bicyclic) bond motifs is 1. The van der Waals surface area contributed by atoms with Gasteiger partial charge in [-0.1, -0.05) is 48.5 Å². The van der Waals surface area contributed by atoms with Crippen molar-refractivity contribution in [2.75, 3.05) is 0 Å². The number of ether oxygens (including phenoxy) is 1. The summed E-state index contributed by atoms with van der Waals surface area (Å²) in [6.07, 6.45) is 1.86. The van der Waals surface area contributed by atoms with E-state index in [0.717, 1.165) is 33.6 Å². The summed E-state index contributed by atoms with van der Waals surface area (Å²) in [4.78, 5) is 9.07. The number of benzene rings is 3. The van der Waals surface area contributed by atoms with Gasteiger partial charge in [-0.05, 0) is 35.9 Å². The molecule has 0 unspecified atom stereocenters. The lowest BCUT2D eigenvalue weighted by atomic mass is 10.2. The number of nitrogens with zero attached hydrogens (tertiary/aromatic N) is 2. The van der Waals surface area contributed by atoms with Crippen LogP contribution in [0, 0.1) is 0 Å². The van der Waals surface area contributed by atoms with Gasteiger partial charge in [0, 0.05) is 17.1 Å².